The van der Waals surface area contributed by atoms with Crippen molar-refractivity contribution in [1.82, 2.24) is 0 Å². The van der Waals surface area contributed by atoms with Gasteiger partial charge < -0.3 is 4.74 Å². The third-order valence-electron chi connectivity index (χ3n) is 9.74. The second kappa shape index (κ2) is 9.64. The topological polar surface area (TPSA) is 9.23 Å². The van der Waals surface area contributed by atoms with Gasteiger partial charge >= 0.3 is 0 Å². The van der Waals surface area contributed by atoms with Crippen molar-refractivity contribution in [3.8, 4) is 0 Å². The summed E-state index contributed by atoms with van der Waals surface area (Å²) in [5.74, 6) is 7.51. The first-order chi connectivity index (χ1) is 13.2. The molecule has 27 heavy (non-hydrogen) atoms. The molecule has 0 aliphatic heterocycles. The zero-order valence-electron chi connectivity index (χ0n) is 19.1. The first-order valence-electron chi connectivity index (χ1n) is 12.7. The number of hydrogen-bond acceptors (Lipinski definition) is 1. The maximum Gasteiger partial charge on any atom is 0.0462 e. The molecule has 4 saturated carbocycles. The molecule has 4 rings (SSSR count). The molecule has 0 bridgehead atoms. The summed E-state index contributed by atoms with van der Waals surface area (Å²) >= 11 is 0. The third-order valence-corrected chi connectivity index (χ3v) is 9.74. The van der Waals surface area contributed by atoms with Crippen LogP contribution in [0.4, 0.5) is 0 Å². The second-order valence-corrected chi connectivity index (χ2v) is 10.5. The van der Waals surface area contributed by atoms with E-state index in [4.69, 9.17) is 4.74 Å². The van der Waals surface area contributed by atoms with Gasteiger partial charge in [-0.2, -0.15) is 0 Å². The molecule has 1 heteroatoms. The van der Waals surface area contributed by atoms with Crippen LogP contribution in [0.15, 0.2) is 0 Å². The van der Waals surface area contributed by atoms with Crippen LogP contribution in [0.3, 0.4) is 0 Å². The average molecular weight is 377 g/mol. The van der Waals surface area contributed by atoms with E-state index in [2.05, 4.69) is 13.8 Å². The van der Waals surface area contributed by atoms with E-state index in [-0.39, 0.29) is 0 Å². The fourth-order valence-corrected chi connectivity index (χ4v) is 8.38. The monoisotopic (exact) mass is 376 g/mol. The molecule has 0 heterocycles. The third kappa shape index (κ3) is 4.15. The van der Waals surface area contributed by atoms with Crippen molar-refractivity contribution in [3.63, 3.8) is 0 Å². The summed E-state index contributed by atoms with van der Waals surface area (Å²) in [5, 5.41) is 0. The highest BCUT2D eigenvalue weighted by molar-refractivity contribution is 5.05. The largest absolute Gasteiger partial charge is 0.385 e. The molecule has 158 valence electrons. The maximum absolute atomic E-state index is 5.33. The number of fused-ring (bicyclic) bond motifs is 5. The zero-order chi connectivity index (χ0) is 19.4. The van der Waals surface area contributed by atoms with Crippen LogP contribution in [-0.4, -0.2) is 13.7 Å². The van der Waals surface area contributed by atoms with Crippen molar-refractivity contribution in [3.05, 3.63) is 0 Å². The lowest BCUT2D eigenvalue weighted by Gasteiger charge is -2.56. The SMILES string of the molecule is CC.CC[C@H]1CCC2C(CCC3C2CCC2(C)C(CCCOC)CCC32)C1. The molecule has 0 radical (unpaired) electrons. The minimum absolute atomic E-state index is 0.669. The van der Waals surface area contributed by atoms with E-state index < -0.39 is 0 Å². The van der Waals surface area contributed by atoms with Crippen LogP contribution in [-0.2, 0) is 4.74 Å². The molecule has 0 aromatic heterocycles. The summed E-state index contributed by atoms with van der Waals surface area (Å²) in [6, 6.07) is 0. The van der Waals surface area contributed by atoms with Crippen LogP contribution >= 0.6 is 0 Å². The number of methoxy groups -OCH3 is 1. The van der Waals surface area contributed by atoms with Gasteiger partial charge in [0.2, 0.25) is 0 Å². The standard InChI is InChI=1S/C24H42O.C2H6/c1-4-17-7-10-20-18(16-17)8-11-22-21(20)13-14-24(2)19(6-5-15-25-3)9-12-23(22)24;1-2/h17-23H,4-16H2,1-3H3;1-2H3/t17-,18?,19?,20?,21?,22?,23?,24?;/m0./s1. The average Bonchev–Trinajstić information content (AvgIpc) is 3.05. The molecule has 1 nitrogen and oxygen atoms in total. The number of hydrogen-bond donors (Lipinski definition) is 0. The van der Waals surface area contributed by atoms with E-state index in [1.54, 1.807) is 44.9 Å². The fourth-order valence-electron chi connectivity index (χ4n) is 8.38. The molecule has 0 spiro atoms. The Balaban J connectivity index is 0.00000102. The molecule has 0 aromatic carbocycles. The normalized spacial score (nSPS) is 45.9. The van der Waals surface area contributed by atoms with Crippen LogP contribution in [0, 0.1) is 46.8 Å². The molecular formula is C26H48O. The van der Waals surface area contributed by atoms with Gasteiger partial charge in [0.05, 0.1) is 0 Å². The lowest BCUT2D eigenvalue weighted by Crippen LogP contribution is -2.48. The van der Waals surface area contributed by atoms with Gasteiger partial charge in [0, 0.05) is 13.7 Å². The Labute approximate surface area is 170 Å². The summed E-state index contributed by atoms with van der Waals surface area (Å²) < 4.78 is 5.33. The van der Waals surface area contributed by atoms with Crippen molar-refractivity contribution in [1.29, 1.82) is 0 Å². The van der Waals surface area contributed by atoms with E-state index in [0.717, 1.165) is 48.0 Å². The minimum Gasteiger partial charge on any atom is -0.385 e. The van der Waals surface area contributed by atoms with E-state index in [9.17, 15) is 0 Å². The summed E-state index contributed by atoms with van der Waals surface area (Å²) in [6.45, 7) is 10.1. The molecule has 0 N–H and O–H groups in total. The maximum atomic E-state index is 5.33. The molecule has 4 aliphatic rings. The van der Waals surface area contributed by atoms with E-state index >= 15 is 0 Å². The minimum atomic E-state index is 0.669. The van der Waals surface area contributed by atoms with Crippen molar-refractivity contribution in [2.45, 2.75) is 105 Å². The smallest absolute Gasteiger partial charge is 0.0462 e. The Morgan fingerprint density at radius 1 is 0.889 bits per heavy atom. The van der Waals surface area contributed by atoms with Crippen molar-refractivity contribution in [2.24, 2.45) is 46.8 Å². The molecule has 0 saturated heterocycles. The summed E-state index contributed by atoms with van der Waals surface area (Å²) in [7, 11) is 1.86. The van der Waals surface area contributed by atoms with Crippen LogP contribution in [0.25, 0.3) is 0 Å². The predicted molar refractivity (Wildman–Crippen MR) is 117 cm³/mol. The van der Waals surface area contributed by atoms with Crippen molar-refractivity contribution >= 4 is 0 Å². The Hall–Kier alpha value is -0.0400. The fraction of sp³-hybridized carbons (Fsp3) is 1.00. The highest BCUT2D eigenvalue weighted by Crippen LogP contribution is 2.65. The second-order valence-electron chi connectivity index (χ2n) is 10.5. The van der Waals surface area contributed by atoms with Gasteiger partial charge in [0.25, 0.3) is 0 Å². The predicted octanol–water partition coefficient (Wildman–Crippen LogP) is 7.73. The Bertz CT molecular complexity index is 445. The lowest BCUT2D eigenvalue weighted by atomic mass is 9.49. The number of rotatable bonds is 5. The van der Waals surface area contributed by atoms with Gasteiger partial charge in [-0.25, -0.2) is 0 Å². The van der Waals surface area contributed by atoms with Gasteiger partial charge in [-0.15, -0.1) is 0 Å². The van der Waals surface area contributed by atoms with Crippen molar-refractivity contribution < 1.29 is 4.74 Å². The van der Waals surface area contributed by atoms with Crippen molar-refractivity contribution in [2.75, 3.05) is 13.7 Å². The summed E-state index contributed by atoms with van der Waals surface area (Å²) in [5.41, 5.74) is 0.669. The van der Waals surface area contributed by atoms with Gasteiger partial charge in [0.15, 0.2) is 0 Å². The van der Waals surface area contributed by atoms with E-state index in [1.165, 1.54) is 32.1 Å². The molecule has 0 aromatic rings. The lowest BCUT2D eigenvalue weighted by molar-refractivity contribution is -0.0694. The van der Waals surface area contributed by atoms with Crippen LogP contribution in [0.2, 0.25) is 0 Å². The molecule has 0 amide bonds. The van der Waals surface area contributed by atoms with Gasteiger partial charge in [0.1, 0.15) is 0 Å². The van der Waals surface area contributed by atoms with Gasteiger partial charge in [-0.05, 0) is 111 Å². The highest BCUT2D eigenvalue weighted by Gasteiger charge is 2.56. The van der Waals surface area contributed by atoms with Crippen LogP contribution < -0.4 is 0 Å². The summed E-state index contributed by atoms with van der Waals surface area (Å²) in [6.07, 6.45) is 18.1. The van der Waals surface area contributed by atoms with Crippen LogP contribution in [0.1, 0.15) is 105 Å². The Morgan fingerprint density at radius 2 is 1.67 bits per heavy atom. The molecule has 4 fully saturated rings. The Morgan fingerprint density at radius 3 is 2.41 bits per heavy atom. The molecule has 4 aliphatic carbocycles. The van der Waals surface area contributed by atoms with E-state index in [1.807, 2.05) is 21.0 Å². The first kappa shape index (κ1) is 21.7. The number of ether oxygens (including phenoxy) is 1. The van der Waals surface area contributed by atoms with Gasteiger partial charge in [-0.1, -0.05) is 40.5 Å². The molecular weight excluding hydrogens is 328 g/mol. The van der Waals surface area contributed by atoms with E-state index in [0.29, 0.717) is 5.41 Å². The first-order valence-corrected chi connectivity index (χ1v) is 12.7. The zero-order valence-corrected chi connectivity index (χ0v) is 19.1. The quantitative estimate of drug-likeness (QED) is 0.446. The Kier molecular flexibility index (Phi) is 7.73. The summed E-state index contributed by atoms with van der Waals surface area (Å²) in [4.78, 5) is 0. The van der Waals surface area contributed by atoms with Crippen LogP contribution in [0.5, 0.6) is 0 Å². The van der Waals surface area contributed by atoms with Gasteiger partial charge in [-0.3, -0.25) is 0 Å². The highest BCUT2D eigenvalue weighted by atomic mass is 16.5. The molecule has 7 unspecified atom stereocenters. The molecule has 8 atom stereocenters.